The third-order valence-corrected chi connectivity index (χ3v) is 3.17. The number of hydrogen-bond donors (Lipinski definition) is 1. The Labute approximate surface area is 119 Å². The Morgan fingerprint density at radius 1 is 1.47 bits per heavy atom. The molecule has 0 saturated carbocycles. The predicted molar refractivity (Wildman–Crippen MR) is 79.0 cm³/mol. The van der Waals surface area contributed by atoms with Gasteiger partial charge in [0.15, 0.2) is 0 Å². The molecule has 1 rings (SSSR count). The highest BCUT2D eigenvalue weighted by atomic mass is 35.5. The number of ether oxygens (including phenoxy) is 1. The quantitative estimate of drug-likeness (QED) is 0.873. The Morgan fingerprint density at radius 2 is 2.16 bits per heavy atom. The molecular formula is C14H21ClN2O2. The lowest BCUT2D eigenvalue weighted by atomic mass is 10.1. The first kappa shape index (κ1) is 15.8. The molecule has 5 heteroatoms. The zero-order valence-corrected chi connectivity index (χ0v) is 12.6. The Hall–Kier alpha value is -1.26. The number of nitrogens with one attached hydrogen (secondary N) is 1. The maximum absolute atomic E-state index is 11.9. The average molecular weight is 285 g/mol. The number of carbonyl (C=O) groups excluding carboxylic acids is 1. The molecule has 0 saturated heterocycles. The zero-order valence-electron chi connectivity index (χ0n) is 11.9. The number of benzene rings is 1. The fourth-order valence-corrected chi connectivity index (χ4v) is 1.88. The molecule has 0 bridgehead atoms. The van der Waals surface area contributed by atoms with E-state index in [0.717, 1.165) is 12.1 Å². The van der Waals surface area contributed by atoms with Gasteiger partial charge in [0.2, 0.25) is 0 Å². The van der Waals surface area contributed by atoms with Crippen LogP contribution in [0.2, 0.25) is 5.02 Å². The van der Waals surface area contributed by atoms with Crippen LogP contribution in [0.15, 0.2) is 18.2 Å². The number of nitrogens with zero attached hydrogens (tertiary/aromatic N) is 1. The van der Waals surface area contributed by atoms with Gasteiger partial charge in [-0.2, -0.15) is 0 Å². The Bertz CT molecular complexity index is 435. The molecule has 1 amide bonds. The van der Waals surface area contributed by atoms with Crippen molar-refractivity contribution in [2.75, 3.05) is 33.1 Å². The second-order valence-corrected chi connectivity index (χ2v) is 5.01. The molecule has 0 aliphatic rings. The number of anilines is 1. The molecule has 0 heterocycles. The van der Waals surface area contributed by atoms with Crippen molar-refractivity contribution in [3.8, 4) is 0 Å². The molecule has 4 nitrogen and oxygen atoms in total. The summed E-state index contributed by atoms with van der Waals surface area (Å²) in [5, 5.41) is 3.91. The minimum absolute atomic E-state index is 0.0421. The topological polar surface area (TPSA) is 41.6 Å². The highest BCUT2D eigenvalue weighted by molar-refractivity contribution is 6.33. The summed E-state index contributed by atoms with van der Waals surface area (Å²) in [6.45, 7) is 2.66. The lowest BCUT2D eigenvalue weighted by Crippen LogP contribution is -2.25. The molecule has 106 valence electrons. The molecular weight excluding hydrogens is 264 g/mol. The number of methoxy groups -OCH3 is 1. The Balaban J connectivity index is 2.94. The minimum atomic E-state index is -0.0421. The summed E-state index contributed by atoms with van der Waals surface area (Å²) < 4.78 is 5.14. The monoisotopic (exact) mass is 284 g/mol. The van der Waals surface area contributed by atoms with Crippen LogP contribution in [0.1, 0.15) is 23.7 Å². The summed E-state index contributed by atoms with van der Waals surface area (Å²) in [5.41, 5.74) is 1.38. The Morgan fingerprint density at radius 3 is 2.68 bits per heavy atom. The van der Waals surface area contributed by atoms with E-state index in [4.69, 9.17) is 16.3 Å². The summed E-state index contributed by atoms with van der Waals surface area (Å²) in [5.74, 6) is -0.0421. The van der Waals surface area contributed by atoms with Gasteiger partial charge in [0, 0.05) is 32.8 Å². The minimum Gasteiger partial charge on any atom is -0.383 e. The van der Waals surface area contributed by atoms with E-state index in [2.05, 4.69) is 12.2 Å². The SMILES string of the molecule is CCC(COC)Nc1cc(C(=O)N(C)C)ccc1Cl. The van der Waals surface area contributed by atoms with Gasteiger partial charge in [0.05, 0.1) is 17.3 Å². The van der Waals surface area contributed by atoms with E-state index in [1.54, 1.807) is 44.3 Å². The van der Waals surface area contributed by atoms with Crippen LogP contribution in [0.25, 0.3) is 0 Å². The lowest BCUT2D eigenvalue weighted by molar-refractivity contribution is 0.0827. The van der Waals surface area contributed by atoms with Gasteiger partial charge < -0.3 is 15.0 Å². The molecule has 0 aliphatic heterocycles. The fraction of sp³-hybridized carbons (Fsp3) is 0.500. The summed E-state index contributed by atoms with van der Waals surface area (Å²) in [7, 11) is 5.12. The molecule has 1 aromatic carbocycles. The highest BCUT2D eigenvalue weighted by Gasteiger charge is 2.13. The van der Waals surface area contributed by atoms with Crippen molar-refractivity contribution in [1.29, 1.82) is 0 Å². The number of hydrogen-bond acceptors (Lipinski definition) is 3. The predicted octanol–water partition coefficient (Wildman–Crippen LogP) is 2.88. The summed E-state index contributed by atoms with van der Waals surface area (Å²) in [4.78, 5) is 13.5. The highest BCUT2D eigenvalue weighted by Crippen LogP contribution is 2.24. The maximum atomic E-state index is 11.9. The first-order valence-corrected chi connectivity index (χ1v) is 6.64. The molecule has 19 heavy (non-hydrogen) atoms. The Kier molecular flexibility index (Phi) is 6.12. The number of carbonyl (C=O) groups is 1. The molecule has 1 aromatic rings. The standard InChI is InChI=1S/C14H21ClN2O2/c1-5-11(9-19-4)16-13-8-10(6-7-12(13)15)14(18)17(2)3/h6-8,11,16H,5,9H2,1-4H3. The van der Waals surface area contributed by atoms with Gasteiger partial charge in [-0.05, 0) is 24.6 Å². The second-order valence-electron chi connectivity index (χ2n) is 4.60. The van der Waals surface area contributed by atoms with Crippen LogP contribution in [-0.4, -0.2) is 44.7 Å². The van der Waals surface area contributed by atoms with Crippen LogP contribution in [-0.2, 0) is 4.74 Å². The van der Waals surface area contributed by atoms with Crippen LogP contribution in [0.4, 0.5) is 5.69 Å². The van der Waals surface area contributed by atoms with E-state index < -0.39 is 0 Å². The van der Waals surface area contributed by atoms with E-state index >= 15 is 0 Å². The second kappa shape index (κ2) is 7.36. The van der Waals surface area contributed by atoms with Crippen molar-refractivity contribution in [2.45, 2.75) is 19.4 Å². The van der Waals surface area contributed by atoms with Crippen molar-refractivity contribution in [3.05, 3.63) is 28.8 Å². The van der Waals surface area contributed by atoms with Crippen molar-refractivity contribution in [2.24, 2.45) is 0 Å². The third-order valence-electron chi connectivity index (χ3n) is 2.84. The molecule has 0 aromatic heterocycles. The van der Waals surface area contributed by atoms with Gasteiger partial charge >= 0.3 is 0 Å². The van der Waals surface area contributed by atoms with E-state index in [1.807, 2.05) is 0 Å². The lowest BCUT2D eigenvalue weighted by Gasteiger charge is -2.19. The first-order valence-electron chi connectivity index (χ1n) is 6.26. The molecule has 1 atom stereocenters. The van der Waals surface area contributed by atoms with Gasteiger partial charge in [-0.3, -0.25) is 4.79 Å². The number of halogens is 1. The maximum Gasteiger partial charge on any atom is 0.253 e. The van der Waals surface area contributed by atoms with Gasteiger partial charge in [-0.25, -0.2) is 0 Å². The summed E-state index contributed by atoms with van der Waals surface area (Å²) in [6.07, 6.45) is 0.913. The van der Waals surface area contributed by atoms with Crippen molar-refractivity contribution < 1.29 is 9.53 Å². The fourth-order valence-electron chi connectivity index (χ4n) is 1.71. The van der Waals surface area contributed by atoms with Crippen molar-refractivity contribution in [1.82, 2.24) is 4.90 Å². The van der Waals surface area contributed by atoms with Crippen LogP contribution in [0, 0.1) is 0 Å². The van der Waals surface area contributed by atoms with E-state index in [-0.39, 0.29) is 11.9 Å². The normalized spacial score (nSPS) is 12.1. The van der Waals surface area contributed by atoms with Gasteiger partial charge in [-0.1, -0.05) is 18.5 Å². The van der Waals surface area contributed by atoms with Gasteiger partial charge in [-0.15, -0.1) is 0 Å². The van der Waals surface area contributed by atoms with E-state index in [9.17, 15) is 4.79 Å². The smallest absolute Gasteiger partial charge is 0.253 e. The van der Waals surface area contributed by atoms with Crippen molar-refractivity contribution in [3.63, 3.8) is 0 Å². The zero-order chi connectivity index (χ0) is 14.4. The van der Waals surface area contributed by atoms with Crippen LogP contribution >= 0.6 is 11.6 Å². The number of amides is 1. The number of rotatable bonds is 6. The van der Waals surface area contributed by atoms with Gasteiger partial charge in [0.1, 0.15) is 0 Å². The summed E-state index contributed by atoms with van der Waals surface area (Å²) >= 11 is 6.15. The van der Waals surface area contributed by atoms with Crippen LogP contribution in [0.5, 0.6) is 0 Å². The molecule has 0 fully saturated rings. The van der Waals surface area contributed by atoms with E-state index in [1.165, 1.54) is 0 Å². The molecule has 0 aliphatic carbocycles. The van der Waals surface area contributed by atoms with Crippen LogP contribution < -0.4 is 5.32 Å². The molecule has 1 N–H and O–H groups in total. The van der Waals surface area contributed by atoms with E-state index in [0.29, 0.717) is 17.2 Å². The van der Waals surface area contributed by atoms with Crippen molar-refractivity contribution >= 4 is 23.2 Å². The third kappa shape index (κ3) is 4.40. The summed E-state index contributed by atoms with van der Waals surface area (Å²) in [6, 6.07) is 5.42. The van der Waals surface area contributed by atoms with Crippen LogP contribution in [0.3, 0.4) is 0 Å². The molecule has 0 spiro atoms. The average Bonchev–Trinajstić information content (AvgIpc) is 2.39. The molecule has 1 unspecified atom stereocenters. The largest absolute Gasteiger partial charge is 0.383 e. The molecule has 0 radical (unpaired) electrons. The first-order chi connectivity index (χ1) is 8.99. The van der Waals surface area contributed by atoms with Gasteiger partial charge in [0.25, 0.3) is 5.91 Å².